The van der Waals surface area contributed by atoms with Crippen LogP contribution in [0.2, 0.25) is 5.02 Å². The average molecular weight is 401 g/mol. The lowest BCUT2D eigenvalue weighted by atomic mass is 10.1. The van der Waals surface area contributed by atoms with Gasteiger partial charge in [0.25, 0.3) is 5.91 Å². The van der Waals surface area contributed by atoms with E-state index in [1.165, 1.54) is 27.0 Å². The quantitative estimate of drug-likeness (QED) is 0.556. The third-order valence-electron chi connectivity index (χ3n) is 3.99. The number of hydrogen-bond acceptors (Lipinski definition) is 4. The molecule has 0 fully saturated rings. The Morgan fingerprint density at radius 1 is 1.04 bits per heavy atom. The van der Waals surface area contributed by atoms with E-state index in [-0.39, 0.29) is 11.4 Å². The first-order valence-corrected chi connectivity index (χ1v) is 8.85. The molecule has 0 aliphatic carbocycles. The number of hydrogen-bond donors (Lipinski definition) is 2. The minimum atomic E-state index is -0.473. The van der Waals surface area contributed by atoms with Crippen molar-refractivity contribution in [3.8, 4) is 5.75 Å². The summed E-state index contributed by atoms with van der Waals surface area (Å²) in [7, 11) is 1.47. The SMILES string of the molecule is COc1cc(Cl)c(C)cc1NC(=O)/C=C(/C)C(=O)Nc1ccc(C(C)=O)cc1. The number of amides is 2. The molecule has 0 aromatic heterocycles. The minimum Gasteiger partial charge on any atom is -0.495 e. The standard InChI is InChI=1S/C21H21ClN2O4/c1-12-9-18(19(28-4)11-17(12)22)24-20(26)10-13(2)21(27)23-16-7-5-15(6-8-16)14(3)25/h5-11H,1-4H3,(H,23,27)(H,24,26)/b13-10-. The van der Waals surface area contributed by atoms with Gasteiger partial charge in [0.05, 0.1) is 12.8 Å². The first-order valence-electron chi connectivity index (χ1n) is 8.47. The first kappa shape index (κ1) is 21.2. The van der Waals surface area contributed by atoms with E-state index in [4.69, 9.17) is 16.3 Å². The van der Waals surface area contributed by atoms with E-state index in [0.717, 1.165) is 5.56 Å². The van der Waals surface area contributed by atoms with E-state index < -0.39 is 11.8 Å². The molecule has 0 atom stereocenters. The number of Topliss-reactive ketones (excluding diaryl/α,β-unsaturated/α-hetero) is 1. The van der Waals surface area contributed by atoms with Gasteiger partial charge in [0, 0.05) is 34.0 Å². The van der Waals surface area contributed by atoms with Crippen LogP contribution in [0.5, 0.6) is 5.75 Å². The fourth-order valence-corrected chi connectivity index (χ4v) is 2.53. The topological polar surface area (TPSA) is 84.5 Å². The van der Waals surface area contributed by atoms with Gasteiger partial charge in [0.2, 0.25) is 5.91 Å². The van der Waals surface area contributed by atoms with Crippen LogP contribution in [0.3, 0.4) is 0 Å². The van der Waals surface area contributed by atoms with Crippen LogP contribution in [0.25, 0.3) is 0 Å². The lowest BCUT2D eigenvalue weighted by Gasteiger charge is -2.11. The van der Waals surface area contributed by atoms with Gasteiger partial charge in [-0.3, -0.25) is 14.4 Å². The summed E-state index contributed by atoms with van der Waals surface area (Å²) in [4.78, 5) is 35.8. The molecule has 0 aliphatic heterocycles. The highest BCUT2D eigenvalue weighted by Gasteiger charge is 2.12. The number of halogens is 1. The van der Waals surface area contributed by atoms with Crippen LogP contribution in [0.1, 0.15) is 29.8 Å². The summed E-state index contributed by atoms with van der Waals surface area (Å²) < 4.78 is 5.22. The Labute approximate surface area is 168 Å². The minimum absolute atomic E-state index is 0.0570. The molecule has 0 aliphatic rings. The summed E-state index contributed by atoms with van der Waals surface area (Å²) in [5, 5.41) is 5.88. The van der Waals surface area contributed by atoms with E-state index in [0.29, 0.717) is 27.7 Å². The van der Waals surface area contributed by atoms with Crippen molar-refractivity contribution in [3.63, 3.8) is 0 Å². The number of ether oxygens (including phenoxy) is 1. The summed E-state index contributed by atoms with van der Waals surface area (Å²) in [5.41, 5.74) is 2.54. The number of anilines is 2. The van der Waals surface area contributed by atoms with Crippen LogP contribution in [0.15, 0.2) is 48.0 Å². The second-order valence-corrected chi connectivity index (χ2v) is 6.61. The van der Waals surface area contributed by atoms with E-state index in [2.05, 4.69) is 10.6 Å². The van der Waals surface area contributed by atoms with Gasteiger partial charge in [0.1, 0.15) is 5.75 Å². The Morgan fingerprint density at radius 3 is 2.25 bits per heavy atom. The summed E-state index contributed by atoms with van der Waals surface area (Å²) in [6, 6.07) is 9.81. The maximum Gasteiger partial charge on any atom is 0.251 e. The molecule has 0 bridgehead atoms. The maximum absolute atomic E-state index is 12.3. The zero-order valence-electron chi connectivity index (χ0n) is 16.1. The third kappa shape index (κ3) is 5.44. The first-order chi connectivity index (χ1) is 13.2. The zero-order valence-corrected chi connectivity index (χ0v) is 16.8. The van der Waals surface area contributed by atoms with Crippen molar-refractivity contribution in [2.45, 2.75) is 20.8 Å². The lowest BCUT2D eigenvalue weighted by Crippen LogP contribution is -2.16. The second-order valence-electron chi connectivity index (χ2n) is 6.21. The van der Waals surface area contributed by atoms with E-state index in [9.17, 15) is 14.4 Å². The molecule has 7 heteroatoms. The molecule has 0 spiro atoms. The lowest BCUT2D eigenvalue weighted by molar-refractivity contribution is -0.114. The summed E-state index contributed by atoms with van der Waals surface area (Å²) in [6.45, 7) is 4.81. The molecule has 28 heavy (non-hydrogen) atoms. The Hall–Kier alpha value is -3.12. The van der Waals surface area contributed by atoms with E-state index >= 15 is 0 Å². The number of benzene rings is 2. The summed E-state index contributed by atoms with van der Waals surface area (Å²) >= 11 is 6.05. The van der Waals surface area contributed by atoms with E-state index in [1.54, 1.807) is 36.4 Å². The molecule has 2 N–H and O–H groups in total. The normalized spacial score (nSPS) is 11.0. The number of carbonyl (C=O) groups is 3. The summed E-state index contributed by atoms with van der Waals surface area (Å²) in [5.74, 6) is -0.534. The monoisotopic (exact) mass is 400 g/mol. The maximum atomic E-state index is 12.3. The Bertz CT molecular complexity index is 950. The molecule has 0 saturated carbocycles. The molecule has 2 aromatic carbocycles. The Balaban J connectivity index is 2.07. The molecule has 6 nitrogen and oxygen atoms in total. The van der Waals surface area contributed by atoms with Crippen LogP contribution in [0, 0.1) is 6.92 Å². The van der Waals surface area contributed by atoms with Gasteiger partial charge in [-0.2, -0.15) is 0 Å². The zero-order chi connectivity index (χ0) is 20.8. The number of aryl methyl sites for hydroxylation is 1. The van der Waals surface area contributed by atoms with Crippen LogP contribution in [-0.2, 0) is 9.59 Å². The third-order valence-corrected chi connectivity index (χ3v) is 4.40. The van der Waals surface area contributed by atoms with Gasteiger partial charge >= 0.3 is 0 Å². The number of carbonyl (C=O) groups excluding carboxylic acids is 3. The molecule has 146 valence electrons. The summed E-state index contributed by atoms with van der Waals surface area (Å²) in [6.07, 6.45) is 1.20. The van der Waals surface area contributed by atoms with Crippen LogP contribution in [-0.4, -0.2) is 24.7 Å². The molecular weight excluding hydrogens is 380 g/mol. The molecule has 2 aromatic rings. The van der Waals surface area contributed by atoms with Crippen LogP contribution >= 0.6 is 11.6 Å². The highest BCUT2D eigenvalue weighted by Crippen LogP contribution is 2.30. The highest BCUT2D eigenvalue weighted by atomic mass is 35.5. The molecule has 2 rings (SSSR count). The van der Waals surface area contributed by atoms with Crippen molar-refractivity contribution >= 4 is 40.6 Å². The van der Waals surface area contributed by atoms with Crippen LogP contribution < -0.4 is 15.4 Å². The van der Waals surface area contributed by atoms with Gasteiger partial charge in [-0.15, -0.1) is 0 Å². The molecule has 0 unspecified atom stereocenters. The predicted molar refractivity (Wildman–Crippen MR) is 110 cm³/mol. The van der Waals surface area contributed by atoms with Gasteiger partial charge < -0.3 is 15.4 Å². The van der Waals surface area contributed by atoms with Crippen molar-refractivity contribution in [1.82, 2.24) is 0 Å². The molecule has 0 heterocycles. The smallest absolute Gasteiger partial charge is 0.251 e. The number of rotatable bonds is 6. The van der Waals surface area contributed by atoms with Crippen molar-refractivity contribution in [2.24, 2.45) is 0 Å². The average Bonchev–Trinajstić information content (AvgIpc) is 2.64. The van der Waals surface area contributed by atoms with Crippen molar-refractivity contribution in [1.29, 1.82) is 0 Å². The van der Waals surface area contributed by atoms with Gasteiger partial charge in [-0.05, 0) is 56.7 Å². The van der Waals surface area contributed by atoms with Crippen molar-refractivity contribution < 1.29 is 19.1 Å². The van der Waals surface area contributed by atoms with Crippen LogP contribution in [0.4, 0.5) is 11.4 Å². The van der Waals surface area contributed by atoms with Gasteiger partial charge in [-0.25, -0.2) is 0 Å². The van der Waals surface area contributed by atoms with Crippen molar-refractivity contribution in [2.75, 3.05) is 17.7 Å². The Kier molecular flexibility index (Phi) is 6.95. The fourth-order valence-electron chi connectivity index (χ4n) is 2.38. The van der Waals surface area contributed by atoms with Gasteiger partial charge in [-0.1, -0.05) is 11.6 Å². The number of ketones is 1. The highest BCUT2D eigenvalue weighted by molar-refractivity contribution is 6.31. The van der Waals surface area contributed by atoms with Crippen molar-refractivity contribution in [3.05, 3.63) is 64.2 Å². The molecule has 0 radical (unpaired) electrons. The molecule has 0 saturated heterocycles. The molecular formula is C21H21ClN2O4. The Morgan fingerprint density at radius 2 is 1.68 bits per heavy atom. The largest absolute Gasteiger partial charge is 0.495 e. The predicted octanol–water partition coefficient (Wildman–Crippen LogP) is 4.38. The number of methoxy groups -OCH3 is 1. The fraction of sp³-hybridized carbons (Fsp3) is 0.190. The van der Waals surface area contributed by atoms with E-state index in [1.807, 2.05) is 6.92 Å². The molecule has 2 amide bonds. The van der Waals surface area contributed by atoms with Gasteiger partial charge in [0.15, 0.2) is 5.78 Å². The second kappa shape index (κ2) is 9.19. The number of nitrogens with one attached hydrogen (secondary N) is 2.